The number of hydrogen-bond acceptors (Lipinski definition) is 8. The van der Waals surface area contributed by atoms with Crippen LogP contribution in [0.4, 0.5) is 23.1 Å². The molecule has 0 atom stereocenters. The summed E-state index contributed by atoms with van der Waals surface area (Å²) >= 11 is 12.8. The van der Waals surface area contributed by atoms with E-state index in [2.05, 4.69) is 50.6 Å². The molecule has 0 aliphatic carbocycles. The summed E-state index contributed by atoms with van der Waals surface area (Å²) in [5.74, 6) is 1.91. The van der Waals surface area contributed by atoms with Crippen LogP contribution in [0.5, 0.6) is 5.75 Å². The maximum absolute atomic E-state index is 6.42. The SMILES string of the molecule is COc1cc(N2CCC(N3CCN(C)CC3)CC2)ccc1Nc1nc(NCc2c(Cl)cccc2Cl)c2c(ccn2C)n1. The van der Waals surface area contributed by atoms with E-state index in [9.17, 15) is 0 Å². The molecule has 2 N–H and O–H groups in total. The molecule has 2 aliphatic rings. The summed E-state index contributed by atoms with van der Waals surface area (Å²) in [5.41, 5.74) is 4.52. The van der Waals surface area contributed by atoms with Gasteiger partial charge in [-0.25, -0.2) is 4.98 Å². The monoisotopic (exact) mass is 608 g/mol. The minimum absolute atomic E-state index is 0.429. The number of anilines is 4. The van der Waals surface area contributed by atoms with E-state index in [1.165, 1.54) is 44.7 Å². The Labute approximate surface area is 257 Å². The van der Waals surface area contributed by atoms with E-state index in [-0.39, 0.29) is 0 Å². The van der Waals surface area contributed by atoms with Crippen molar-refractivity contribution in [2.24, 2.45) is 7.05 Å². The van der Waals surface area contributed by atoms with Crippen molar-refractivity contribution in [2.75, 3.05) is 69.0 Å². The van der Waals surface area contributed by atoms with Gasteiger partial charge in [-0.05, 0) is 50.2 Å². The zero-order valence-electron chi connectivity index (χ0n) is 24.4. The minimum atomic E-state index is 0.429. The first-order valence-corrected chi connectivity index (χ1v) is 15.3. The van der Waals surface area contributed by atoms with Gasteiger partial charge in [-0.3, -0.25) is 4.90 Å². The molecular formula is C31H38Cl2N8O. The number of rotatable bonds is 8. The Bertz CT molecular complexity index is 1520. The van der Waals surface area contributed by atoms with Crippen molar-refractivity contribution in [1.82, 2.24) is 24.3 Å². The molecule has 0 spiro atoms. The number of aryl methyl sites for hydroxylation is 1. The van der Waals surface area contributed by atoms with Crippen LogP contribution in [0.25, 0.3) is 11.0 Å². The molecule has 222 valence electrons. The molecule has 2 aliphatic heterocycles. The molecule has 42 heavy (non-hydrogen) atoms. The van der Waals surface area contributed by atoms with E-state index >= 15 is 0 Å². The molecule has 4 heterocycles. The van der Waals surface area contributed by atoms with E-state index in [0.29, 0.717) is 34.4 Å². The van der Waals surface area contributed by atoms with Crippen molar-refractivity contribution in [3.8, 4) is 5.75 Å². The fourth-order valence-corrected chi connectivity index (χ4v) is 6.55. The number of aromatic nitrogens is 3. The highest BCUT2D eigenvalue weighted by atomic mass is 35.5. The molecule has 11 heteroatoms. The van der Waals surface area contributed by atoms with Crippen molar-refractivity contribution in [1.29, 1.82) is 0 Å². The van der Waals surface area contributed by atoms with Gasteiger partial charge in [0.1, 0.15) is 11.3 Å². The first-order chi connectivity index (χ1) is 20.4. The topological polar surface area (TPSA) is 73.7 Å². The van der Waals surface area contributed by atoms with Gasteiger partial charge in [0, 0.05) is 92.5 Å². The number of nitrogens with one attached hydrogen (secondary N) is 2. The number of nitrogens with zero attached hydrogens (tertiary/aromatic N) is 6. The van der Waals surface area contributed by atoms with Gasteiger partial charge in [0.25, 0.3) is 0 Å². The third-order valence-corrected chi connectivity index (χ3v) is 9.24. The molecule has 6 rings (SSSR count). The summed E-state index contributed by atoms with van der Waals surface area (Å²) < 4.78 is 7.82. The molecular weight excluding hydrogens is 571 g/mol. The first-order valence-electron chi connectivity index (χ1n) is 14.5. The standard InChI is InChI=1S/C31H38Cl2N8O/c1-38-15-17-41(18-16-38)21-9-13-40(14-10-21)22-7-8-26(28(19-22)42-3)35-31-36-27-11-12-39(2)29(27)30(37-31)34-20-23-24(32)5-4-6-25(23)33/h4-8,11-12,19,21H,9-10,13-18,20H2,1-3H3,(H2,34,35,36,37). The summed E-state index contributed by atoms with van der Waals surface area (Å²) in [6, 6.07) is 14.5. The molecule has 0 saturated carbocycles. The normalized spacial score (nSPS) is 17.1. The number of hydrogen-bond donors (Lipinski definition) is 2. The Kier molecular flexibility index (Phi) is 8.62. The number of fused-ring (bicyclic) bond motifs is 1. The van der Waals surface area contributed by atoms with Crippen LogP contribution in [0.1, 0.15) is 18.4 Å². The van der Waals surface area contributed by atoms with Gasteiger partial charge in [0.2, 0.25) is 5.95 Å². The third kappa shape index (κ3) is 6.10. The minimum Gasteiger partial charge on any atom is -0.494 e. The van der Waals surface area contributed by atoms with Crippen LogP contribution in [0.3, 0.4) is 0 Å². The molecule has 4 aromatic rings. The molecule has 0 amide bonds. The fraction of sp³-hybridized carbons (Fsp3) is 0.419. The molecule has 2 saturated heterocycles. The maximum atomic E-state index is 6.42. The van der Waals surface area contributed by atoms with Crippen molar-refractivity contribution in [3.63, 3.8) is 0 Å². The Morgan fingerprint density at radius 3 is 2.38 bits per heavy atom. The van der Waals surface area contributed by atoms with Crippen LogP contribution in [0.2, 0.25) is 10.0 Å². The Morgan fingerprint density at radius 2 is 1.67 bits per heavy atom. The number of halogens is 2. The highest BCUT2D eigenvalue weighted by Crippen LogP contribution is 2.34. The van der Waals surface area contributed by atoms with Crippen LogP contribution in [0, 0.1) is 0 Å². The molecule has 9 nitrogen and oxygen atoms in total. The molecule has 2 fully saturated rings. The van der Waals surface area contributed by atoms with Crippen molar-refractivity contribution >= 4 is 57.4 Å². The Balaban J connectivity index is 1.17. The summed E-state index contributed by atoms with van der Waals surface area (Å²) in [4.78, 5) is 17.2. The lowest BCUT2D eigenvalue weighted by atomic mass is 10.0. The van der Waals surface area contributed by atoms with Crippen molar-refractivity contribution in [2.45, 2.75) is 25.4 Å². The van der Waals surface area contributed by atoms with E-state index in [1.54, 1.807) is 7.11 Å². The van der Waals surface area contributed by atoms with Crippen LogP contribution in [-0.4, -0.2) is 83.8 Å². The van der Waals surface area contributed by atoms with Gasteiger partial charge >= 0.3 is 0 Å². The Morgan fingerprint density at radius 1 is 0.929 bits per heavy atom. The van der Waals surface area contributed by atoms with Gasteiger partial charge in [-0.1, -0.05) is 29.3 Å². The van der Waals surface area contributed by atoms with Gasteiger partial charge < -0.3 is 29.7 Å². The zero-order chi connectivity index (χ0) is 29.2. The van der Waals surface area contributed by atoms with Gasteiger partial charge in [-0.15, -0.1) is 0 Å². The van der Waals surface area contributed by atoms with Crippen LogP contribution in [-0.2, 0) is 13.6 Å². The van der Waals surface area contributed by atoms with E-state index < -0.39 is 0 Å². The Hall–Kier alpha value is -3.24. The number of methoxy groups -OCH3 is 1. The van der Waals surface area contributed by atoms with E-state index in [0.717, 1.165) is 41.1 Å². The van der Waals surface area contributed by atoms with Gasteiger partial charge in [0.05, 0.1) is 18.3 Å². The average molecular weight is 610 g/mol. The number of ether oxygens (including phenoxy) is 1. The summed E-state index contributed by atoms with van der Waals surface area (Å²) in [6.07, 6.45) is 4.34. The second kappa shape index (κ2) is 12.6. The predicted molar refractivity (Wildman–Crippen MR) is 173 cm³/mol. The lowest BCUT2D eigenvalue weighted by molar-refractivity contribution is 0.0982. The number of piperidine rings is 1. The second-order valence-electron chi connectivity index (χ2n) is 11.2. The molecule has 2 aromatic heterocycles. The van der Waals surface area contributed by atoms with E-state index in [1.807, 2.05) is 42.1 Å². The summed E-state index contributed by atoms with van der Waals surface area (Å²) in [7, 11) is 5.89. The molecule has 0 radical (unpaired) electrons. The number of benzene rings is 2. The quantitative estimate of drug-likeness (QED) is 0.258. The van der Waals surface area contributed by atoms with Crippen molar-refractivity contribution in [3.05, 3.63) is 64.3 Å². The maximum Gasteiger partial charge on any atom is 0.229 e. The molecule has 0 unspecified atom stereocenters. The van der Waals surface area contributed by atoms with E-state index in [4.69, 9.17) is 37.9 Å². The van der Waals surface area contributed by atoms with Crippen molar-refractivity contribution < 1.29 is 4.74 Å². The fourth-order valence-electron chi connectivity index (χ4n) is 6.02. The lowest BCUT2D eigenvalue weighted by Gasteiger charge is -2.42. The summed E-state index contributed by atoms with van der Waals surface area (Å²) in [5, 5.41) is 8.04. The molecule has 0 bridgehead atoms. The smallest absolute Gasteiger partial charge is 0.229 e. The third-order valence-electron chi connectivity index (χ3n) is 8.53. The van der Waals surface area contributed by atoms with Gasteiger partial charge in [0.15, 0.2) is 5.82 Å². The van der Waals surface area contributed by atoms with Crippen LogP contribution >= 0.6 is 23.2 Å². The highest BCUT2D eigenvalue weighted by Gasteiger charge is 2.27. The predicted octanol–water partition coefficient (Wildman–Crippen LogP) is 5.86. The molecule has 2 aromatic carbocycles. The highest BCUT2D eigenvalue weighted by molar-refractivity contribution is 6.36. The lowest BCUT2D eigenvalue weighted by Crippen LogP contribution is -2.52. The second-order valence-corrected chi connectivity index (χ2v) is 12.0. The number of piperazine rings is 1. The zero-order valence-corrected chi connectivity index (χ0v) is 25.9. The number of likely N-dealkylation sites (N-methyl/N-ethyl adjacent to an activating group) is 1. The average Bonchev–Trinajstić information content (AvgIpc) is 3.38. The van der Waals surface area contributed by atoms with Crippen LogP contribution in [0.15, 0.2) is 48.7 Å². The van der Waals surface area contributed by atoms with Crippen LogP contribution < -0.4 is 20.3 Å². The largest absolute Gasteiger partial charge is 0.494 e. The van der Waals surface area contributed by atoms with Gasteiger partial charge in [-0.2, -0.15) is 4.98 Å². The first kappa shape index (κ1) is 28.9. The summed E-state index contributed by atoms with van der Waals surface area (Å²) in [6.45, 7) is 7.21.